The number of aromatic nitrogens is 2. The third kappa shape index (κ3) is 4.27. The molecule has 1 aromatic heterocycles. The van der Waals surface area contributed by atoms with Crippen molar-refractivity contribution in [3.63, 3.8) is 0 Å². The summed E-state index contributed by atoms with van der Waals surface area (Å²) >= 11 is 1.78. The molecule has 2 heterocycles. The summed E-state index contributed by atoms with van der Waals surface area (Å²) in [6, 6.07) is 15.3. The summed E-state index contributed by atoms with van der Waals surface area (Å²) in [4.78, 5) is 1.23. The van der Waals surface area contributed by atoms with E-state index in [0.29, 0.717) is 0 Å². The zero-order valence-corrected chi connectivity index (χ0v) is 20.2. The summed E-state index contributed by atoms with van der Waals surface area (Å²) in [6.45, 7) is 8.53. The Balaban J connectivity index is 1.37. The molecule has 1 aliphatic carbocycles. The first-order chi connectivity index (χ1) is 15.8. The largest absolute Gasteiger partial charge is 0.395 e. The highest BCUT2D eigenvalue weighted by Crippen LogP contribution is 2.46. The molecule has 1 fully saturated rings. The topological polar surface area (TPSA) is 41.3 Å². The van der Waals surface area contributed by atoms with Gasteiger partial charge in [-0.2, -0.15) is 5.10 Å². The van der Waals surface area contributed by atoms with Crippen molar-refractivity contribution < 1.29 is 9.50 Å². The van der Waals surface area contributed by atoms with Crippen LogP contribution in [0.4, 0.5) is 4.39 Å². The Morgan fingerprint density at radius 2 is 1.82 bits per heavy atom. The van der Waals surface area contributed by atoms with Crippen LogP contribution in [-0.2, 0) is 11.8 Å². The molecule has 3 aromatic rings. The molecule has 172 valence electrons. The fourth-order valence-electron chi connectivity index (χ4n) is 4.87. The van der Waals surface area contributed by atoms with E-state index in [1.807, 2.05) is 10.9 Å². The van der Waals surface area contributed by atoms with Crippen LogP contribution >= 0.6 is 11.9 Å². The second-order valence-corrected chi connectivity index (χ2v) is 11.4. The lowest BCUT2D eigenvalue weighted by atomic mass is 9.69. The Hall–Kier alpha value is -2.41. The molecule has 0 spiro atoms. The summed E-state index contributed by atoms with van der Waals surface area (Å²) in [5.41, 5.74) is 5.48. The number of piperidine rings is 1. The van der Waals surface area contributed by atoms with Gasteiger partial charge in [0.15, 0.2) is 0 Å². The Bertz CT molecular complexity index is 1180. The predicted octanol–water partition coefficient (Wildman–Crippen LogP) is 5.64. The molecule has 6 heteroatoms. The van der Waals surface area contributed by atoms with E-state index in [0.717, 1.165) is 42.9 Å². The van der Waals surface area contributed by atoms with Crippen LogP contribution in [0.15, 0.2) is 65.2 Å². The van der Waals surface area contributed by atoms with Crippen molar-refractivity contribution in [1.82, 2.24) is 14.1 Å². The lowest BCUT2D eigenvalue weighted by Crippen LogP contribution is -2.46. The van der Waals surface area contributed by atoms with E-state index in [1.165, 1.54) is 28.2 Å². The van der Waals surface area contributed by atoms with Crippen molar-refractivity contribution in [3.05, 3.63) is 82.9 Å². The zero-order chi connectivity index (χ0) is 23.2. The SMILES string of the molecule is CC(C)(C)c1ccc(SN2CCC3=Cc4c(cnn4-c4ccc(F)cc4)CC3(CO)C2)cc1. The molecule has 1 aliphatic heterocycles. The van der Waals surface area contributed by atoms with Gasteiger partial charge in [-0.1, -0.05) is 38.5 Å². The van der Waals surface area contributed by atoms with Crippen molar-refractivity contribution in [3.8, 4) is 5.69 Å². The number of hydrogen-bond acceptors (Lipinski definition) is 4. The van der Waals surface area contributed by atoms with Gasteiger partial charge >= 0.3 is 0 Å². The highest BCUT2D eigenvalue weighted by Gasteiger charge is 2.43. The van der Waals surface area contributed by atoms with E-state index in [2.05, 4.69) is 60.5 Å². The van der Waals surface area contributed by atoms with E-state index < -0.39 is 0 Å². The van der Waals surface area contributed by atoms with Gasteiger partial charge in [0.1, 0.15) is 5.82 Å². The molecular formula is C27H30FN3OS. The minimum absolute atomic E-state index is 0.111. The third-order valence-electron chi connectivity index (χ3n) is 6.85. The molecule has 0 saturated carbocycles. The average molecular weight is 464 g/mol. The van der Waals surface area contributed by atoms with Gasteiger partial charge in [0, 0.05) is 23.4 Å². The van der Waals surface area contributed by atoms with Gasteiger partial charge in [0.25, 0.3) is 0 Å². The van der Waals surface area contributed by atoms with Crippen molar-refractivity contribution in [1.29, 1.82) is 0 Å². The first-order valence-corrected chi connectivity index (χ1v) is 12.2. The monoisotopic (exact) mass is 463 g/mol. The maximum Gasteiger partial charge on any atom is 0.123 e. The number of nitrogens with zero attached hydrogens (tertiary/aromatic N) is 3. The Morgan fingerprint density at radius 3 is 2.48 bits per heavy atom. The van der Waals surface area contributed by atoms with Gasteiger partial charge < -0.3 is 5.11 Å². The molecule has 2 aliphatic rings. The number of aliphatic hydroxyl groups is 1. The normalized spacial score (nSPS) is 20.8. The molecule has 1 saturated heterocycles. The van der Waals surface area contributed by atoms with Gasteiger partial charge in [-0.25, -0.2) is 13.4 Å². The molecule has 0 bridgehead atoms. The van der Waals surface area contributed by atoms with Gasteiger partial charge in [0.2, 0.25) is 0 Å². The molecule has 1 atom stereocenters. The summed E-state index contributed by atoms with van der Waals surface area (Å²) in [6.07, 6.45) is 5.75. The van der Waals surface area contributed by atoms with Crippen LogP contribution in [-0.4, -0.2) is 38.9 Å². The Morgan fingerprint density at radius 1 is 1.09 bits per heavy atom. The number of halogens is 1. The van der Waals surface area contributed by atoms with Crippen LogP contribution in [0.2, 0.25) is 0 Å². The number of benzene rings is 2. The highest BCUT2D eigenvalue weighted by molar-refractivity contribution is 7.97. The van der Waals surface area contributed by atoms with E-state index in [1.54, 1.807) is 24.1 Å². The maximum absolute atomic E-state index is 13.4. The van der Waals surface area contributed by atoms with Crippen molar-refractivity contribution in [2.45, 2.75) is 43.9 Å². The van der Waals surface area contributed by atoms with E-state index in [-0.39, 0.29) is 23.3 Å². The summed E-state index contributed by atoms with van der Waals surface area (Å²) < 4.78 is 17.6. The predicted molar refractivity (Wildman–Crippen MR) is 132 cm³/mol. The van der Waals surface area contributed by atoms with Crippen LogP contribution in [0, 0.1) is 11.2 Å². The van der Waals surface area contributed by atoms with Gasteiger partial charge in [0.05, 0.1) is 24.2 Å². The second kappa shape index (κ2) is 8.42. The van der Waals surface area contributed by atoms with Crippen LogP contribution < -0.4 is 0 Å². The first kappa shape index (κ1) is 22.4. The molecule has 4 nitrogen and oxygen atoms in total. The summed E-state index contributed by atoms with van der Waals surface area (Å²) in [5, 5.41) is 15.1. The first-order valence-electron chi connectivity index (χ1n) is 11.5. The lowest BCUT2D eigenvalue weighted by molar-refractivity contribution is 0.115. The quantitative estimate of drug-likeness (QED) is 0.509. The third-order valence-corrected chi connectivity index (χ3v) is 7.90. The molecule has 0 radical (unpaired) electrons. The van der Waals surface area contributed by atoms with Crippen LogP contribution in [0.3, 0.4) is 0 Å². The maximum atomic E-state index is 13.4. The van der Waals surface area contributed by atoms with Gasteiger partial charge in [-0.3, -0.25) is 0 Å². The molecule has 1 unspecified atom stereocenters. The van der Waals surface area contributed by atoms with Crippen LogP contribution in [0.5, 0.6) is 0 Å². The fraction of sp³-hybridized carbons (Fsp3) is 0.370. The average Bonchev–Trinajstić information content (AvgIpc) is 3.20. The minimum Gasteiger partial charge on any atom is -0.395 e. The van der Waals surface area contributed by atoms with Gasteiger partial charge in [-0.15, -0.1) is 0 Å². The molecule has 1 N–H and O–H groups in total. The van der Waals surface area contributed by atoms with Gasteiger partial charge in [-0.05, 0) is 83.8 Å². The van der Waals surface area contributed by atoms with Crippen LogP contribution in [0.25, 0.3) is 11.8 Å². The van der Waals surface area contributed by atoms with Crippen LogP contribution in [0.1, 0.15) is 44.0 Å². The molecule has 33 heavy (non-hydrogen) atoms. The summed E-state index contributed by atoms with van der Waals surface area (Å²) in [7, 11) is 0. The van der Waals surface area contributed by atoms with Crippen molar-refractivity contribution >= 4 is 18.0 Å². The number of aliphatic hydroxyl groups excluding tert-OH is 1. The second-order valence-electron chi connectivity index (χ2n) is 10.2. The van der Waals surface area contributed by atoms with E-state index in [9.17, 15) is 9.50 Å². The number of hydrogen-bond donors (Lipinski definition) is 1. The standard InChI is InChI=1S/C27H30FN3OS/c1-26(2,3)20-4-10-24(11-5-20)33-30-13-12-21-14-25-19(15-27(21,17-30)18-32)16-29-31(25)23-8-6-22(28)7-9-23/h4-11,14,16,32H,12-13,15,17-18H2,1-3H3. The minimum atomic E-state index is -0.291. The van der Waals surface area contributed by atoms with E-state index in [4.69, 9.17) is 0 Å². The Labute approximate surface area is 199 Å². The molecular weight excluding hydrogens is 433 g/mol. The number of fused-ring (bicyclic) bond motifs is 2. The van der Waals surface area contributed by atoms with Crippen molar-refractivity contribution in [2.24, 2.45) is 5.41 Å². The number of rotatable bonds is 4. The Kier molecular flexibility index (Phi) is 5.71. The molecule has 2 aromatic carbocycles. The zero-order valence-electron chi connectivity index (χ0n) is 19.4. The summed E-state index contributed by atoms with van der Waals surface area (Å²) in [5.74, 6) is -0.254. The van der Waals surface area contributed by atoms with Crippen molar-refractivity contribution in [2.75, 3.05) is 19.7 Å². The molecule has 5 rings (SSSR count). The lowest BCUT2D eigenvalue weighted by Gasteiger charge is -2.45. The smallest absolute Gasteiger partial charge is 0.123 e. The van der Waals surface area contributed by atoms with E-state index >= 15 is 0 Å². The molecule has 0 amide bonds. The highest BCUT2D eigenvalue weighted by atomic mass is 32.2. The fourth-order valence-corrected chi connectivity index (χ4v) is 5.92.